The van der Waals surface area contributed by atoms with Crippen LogP contribution in [0.4, 0.5) is 24.5 Å². The molecule has 9 nitrogen and oxygen atoms in total. The highest BCUT2D eigenvalue weighted by atomic mass is 19.4. The number of fused-ring (bicyclic) bond motifs is 1. The van der Waals surface area contributed by atoms with Crippen LogP contribution in [0, 0.1) is 13.8 Å². The molecule has 5 rings (SSSR count). The first-order valence-corrected chi connectivity index (χ1v) is 11.8. The highest BCUT2D eigenvalue weighted by Gasteiger charge is 2.39. The smallest absolute Gasteiger partial charge is 0.297 e. The highest BCUT2D eigenvalue weighted by Crippen LogP contribution is 2.46. The number of aryl methyl sites for hydroxylation is 2. The van der Waals surface area contributed by atoms with Crippen molar-refractivity contribution < 1.29 is 22.8 Å². The molecular formula is C27H22F3N7O2. The maximum atomic E-state index is 14.1. The number of carbonyl (C=O) groups is 2. The van der Waals surface area contributed by atoms with E-state index in [2.05, 4.69) is 26.4 Å². The van der Waals surface area contributed by atoms with Gasteiger partial charge in [0, 0.05) is 16.8 Å². The Hall–Kier alpha value is -5.00. The standard InChI is InChI=1S/C27H22F3N7O2/c1-16-10-17(2)12-20(11-16)37-22-13-19(27(28,29)30)8-9-21(22)24(26(37)39)25(18-6-4-3-5-7-18)33-32-23(38)14-36-15-31-34-35-36/h3-13,15,33H,14H2,1-2H3,(H,32,38)/b25-24-. The molecule has 0 saturated carbocycles. The second kappa shape index (κ2) is 10.0. The lowest BCUT2D eigenvalue weighted by molar-refractivity contribution is -0.137. The average Bonchev–Trinajstić information content (AvgIpc) is 3.49. The average molecular weight is 534 g/mol. The highest BCUT2D eigenvalue weighted by molar-refractivity contribution is 6.39. The van der Waals surface area contributed by atoms with Gasteiger partial charge in [-0.15, -0.1) is 5.10 Å². The third kappa shape index (κ3) is 5.21. The first-order valence-electron chi connectivity index (χ1n) is 11.8. The van der Waals surface area contributed by atoms with Gasteiger partial charge in [-0.3, -0.25) is 25.3 Å². The van der Waals surface area contributed by atoms with Gasteiger partial charge in [-0.25, -0.2) is 4.68 Å². The zero-order chi connectivity index (χ0) is 27.7. The summed E-state index contributed by atoms with van der Waals surface area (Å²) in [4.78, 5) is 27.9. The van der Waals surface area contributed by atoms with Gasteiger partial charge in [0.1, 0.15) is 12.9 Å². The summed E-state index contributed by atoms with van der Waals surface area (Å²) in [5.41, 5.74) is 7.86. The van der Waals surface area contributed by atoms with Crippen molar-refractivity contribution >= 4 is 34.5 Å². The number of hydrazine groups is 1. The van der Waals surface area contributed by atoms with Crippen LogP contribution < -0.4 is 15.8 Å². The van der Waals surface area contributed by atoms with Crippen molar-refractivity contribution in [2.45, 2.75) is 26.6 Å². The summed E-state index contributed by atoms with van der Waals surface area (Å²) in [6, 6.07) is 17.3. The second-order valence-corrected chi connectivity index (χ2v) is 9.01. The number of amides is 2. The van der Waals surface area contributed by atoms with Crippen LogP contribution in [-0.4, -0.2) is 32.0 Å². The Morgan fingerprint density at radius 1 is 0.949 bits per heavy atom. The van der Waals surface area contributed by atoms with E-state index in [-0.39, 0.29) is 29.1 Å². The number of hydrogen-bond acceptors (Lipinski definition) is 6. The summed E-state index contributed by atoms with van der Waals surface area (Å²) in [5, 5.41) is 10.6. The molecule has 4 aromatic rings. The summed E-state index contributed by atoms with van der Waals surface area (Å²) in [6.07, 6.45) is -3.34. The molecule has 2 amide bonds. The first kappa shape index (κ1) is 25.6. The number of benzene rings is 3. The second-order valence-electron chi connectivity index (χ2n) is 9.01. The fourth-order valence-electron chi connectivity index (χ4n) is 4.47. The predicted octanol–water partition coefficient (Wildman–Crippen LogP) is 4.18. The van der Waals surface area contributed by atoms with E-state index in [1.165, 1.54) is 22.0 Å². The van der Waals surface area contributed by atoms with E-state index in [9.17, 15) is 22.8 Å². The summed E-state index contributed by atoms with van der Waals surface area (Å²) in [7, 11) is 0. The van der Waals surface area contributed by atoms with Crippen LogP contribution >= 0.6 is 0 Å². The van der Waals surface area contributed by atoms with Crippen molar-refractivity contribution in [3.63, 3.8) is 0 Å². The molecule has 0 radical (unpaired) electrons. The molecule has 198 valence electrons. The first-order chi connectivity index (χ1) is 18.6. The molecule has 0 aliphatic carbocycles. The summed E-state index contributed by atoms with van der Waals surface area (Å²) in [6.45, 7) is 3.49. The Morgan fingerprint density at radius 3 is 2.31 bits per heavy atom. The minimum Gasteiger partial charge on any atom is -0.297 e. The minimum absolute atomic E-state index is 0.0880. The monoisotopic (exact) mass is 533 g/mol. The molecule has 0 atom stereocenters. The number of aromatic nitrogens is 4. The van der Waals surface area contributed by atoms with Crippen molar-refractivity contribution in [2.24, 2.45) is 0 Å². The van der Waals surface area contributed by atoms with Crippen molar-refractivity contribution in [1.29, 1.82) is 0 Å². The fraction of sp³-hybridized carbons (Fsp3) is 0.148. The normalized spacial score (nSPS) is 14.3. The Morgan fingerprint density at radius 2 is 1.67 bits per heavy atom. The molecule has 0 saturated heterocycles. The number of tetrazole rings is 1. The van der Waals surface area contributed by atoms with Gasteiger partial charge in [0.25, 0.3) is 11.8 Å². The molecule has 12 heteroatoms. The molecule has 3 aromatic carbocycles. The number of hydrogen-bond donors (Lipinski definition) is 2. The maximum absolute atomic E-state index is 14.1. The zero-order valence-electron chi connectivity index (χ0n) is 20.8. The third-order valence-electron chi connectivity index (χ3n) is 6.05. The lowest BCUT2D eigenvalue weighted by Crippen LogP contribution is -2.39. The van der Waals surface area contributed by atoms with Crippen LogP contribution in [0.15, 0.2) is 73.1 Å². The molecule has 0 bridgehead atoms. The Bertz CT molecular complexity index is 1560. The van der Waals surface area contributed by atoms with Crippen LogP contribution in [0.2, 0.25) is 0 Å². The van der Waals surface area contributed by atoms with Gasteiger partial charge in [-0.1, -0.05) is 42.5 Å². The van der Waals surface area contributed by atoms with Crippen LogP contribution in [0.5, 0.6) is 0 Å². The largest absolute Gasteiger partial charge is 0.416 e. The SMILES string of the molecule is Cc1cc(C)cc(N2C(=O)/C(=C(\NNC(=O)Cn3cnnn3)c3ccccc3)c3ccc(C(F)(F)F)cc32)c1. The number of alkyl halides is 3. The van der Waals surface area contributed by atoms with Crippen molar-refractivity contribution in [1.82, 2.24) is 31.1 Å². The van der Waals surface area contributed by atoms with E-state index in [1.807, 2.05) is 19.9 Å². The molecule has 0 unspecified atom stereocenters. The van der Waals surface area contributed by atoms with Crippen LogP contribution in [0.1, 0.15) is 27.8 Å². The number of anilines is 2. The maximum Gasteiger partial charge on any atom is 0.416 e. The van der Waals surface area contributed by atoms with E-state index in [0.717, 1.165) is 23.3 Å². The van der Waals surface area contributed by atoms with Gasteiger partial charge in [0.15, 0.2) is 0 Å². The number of nitrogens with one attached hydrogen (secondary N) is 2. The van der Waals surface area contributed by atoms with Crippen molar-refractivity contribution in [3.8, 4) is 0 Å². The van der Waals surface area contributed by atoms with E-state index >= 15 is 0 Å². The van der Waals surface area contributed by atoms with E-state index in [4.69, 9.17) is 0 Å². The molecule has 1 aliphatic heterocycles. The van der Waals surface area contributed by atoms with E-state index in [1.54, 1.807) is 42.5 Å². The lowest BCUT2D eigenvalue weighted by Gasteiger charge is -2.20. The van der Waals surface area contributed by atoms with Gasteiger partial charge in [0.05, 0.1) is 22.5 Å². The van der Waals surface area contributed by atoms with Gasteiger partial charge in [0.2, 0.25) is 0 Å². The zero-order valence-corrected chi connectivity index (χ0v) is 20.8. The number of carbonyl (C=O) groups excluding carboxylic acids is 2. The lowest BCUT2D eigenvalue weighted by atomic mass is 9.99. The number of halogens is 3. The summed E-state index contributed by atoms with van der Waals surface area (Å²) < 4.78 is 42.3. The topological polar surface area (TPSA) is 105 Å². The number of nitrogens with zero attached hydrogens (tertiary/aromatic N) is 5. The Labute approximate surface area is 220 Å². The molecule has 2 heterocycles. The van der Waals surface area contributed by atoms with Gasteiger partial charge < -0.3 is 0 Å². The van der Waals surface area contributed by atoms with Crippen LogP contribution in [0.25, 0.3) is 11.3 Å². The van der Waals surface area contributed by atoms with Crippen molar-refractivity contribution in [2.75, 3.05) is 4.90 Å². The van der Waals surface area contributed by atoms with Gasteiger partial charge >= 0.3 is 6.18 Å². The molecule has 2 N–H and O–H groups in total. The van der Waals surface area contributed by atoms with Crippen LogP contribution in [-0.2, 0) is 22.3 Å². The predicted molar refractivity (Wildman–Crippen MR) is 137 cm³/mol. The van der Waals surface area contributed by atoms with Crippen molar-refractivity contribution in [3.05, 3.63) is 101 Å². The van der Waals surface area contributed by atoms with Gasteiger partial charge in [-0.2, -0.15) is 13.2 Å². The fourth-order valence-corrected chi connectivity index (χ4v) is 4.47. The number of rotatable bonds is 6. The molecular weight excluding hydrogens is 511 g/mol. The molecule has 0 spiro atoms. The quantitative estimate of drug-likeness (QED) is 0.285. The Balaban J connectivity index is 1.66. The van der Waals surface area contributed by atoms with Gasteiger partial charge in [-0.05, 0) is 59.7 Å². The molecule has 1 aliphatic rings. The third-order valence-corrected chi connectivity index (χ3v) is 6.05. The molecule has 1 aromatic heterocycles. The molecule has 0 fully saturated rings. The minimum atomic E-state index is -4.61. The van der Waals surface area contributed by atoms with Crippen LogP contribution in [0.3, 0.4) is 0 Å². The summed E-state index contributed by atoms with van der Waals surface area (Å²) in [5.74, 6) is -1.06. The van der Waals surface area contributed by atoms with E-state index in [0.29, 0.717) is 11.3 Å². The summed E-state index contributed by atoms with van der Waals surface area (Å²) >= 11 is 0. The van der Waals surface area contributed by atoms with E-state index < -0.39 is 23.6 Å². The Kier molecular flexibility index (Phi) is 6.60. The molecule has 39 heavy (non-hydrogen) atoms.